The van der Waals surface area contributed by atoms with E-state index in [0.717, 1.165) is 27.4 Å². The highest BCUT2D eigenvalue weighted by Crippen LogP contribution is 2.26. The smallest absolute Gasteiger partial charge is 0.194 e. The summed E-state index contributed by atoms with van der Waals surface area (Å²) in [7, 11) is 0. The Morgan fingerprint density at radius 1 is 1.40 bits per heavy atom. The van der Waals surface area contributed by atoms with E-state index in [1.54, 1.807) is 11.3 Å². The number of halogens is 2. The molecule has 6 heteroatoms. The van der Waals surface area contributed by atoms with Crippen LogP contribution in [0.15, 0.2) is 28.1 Å². The molecule has 104 valence electrons. The van der Waals surface area contributed by atoms with Crippen molar-refractivity contribution < 1.29 is 0 Å². The number of nitrogens with zero attached hydrogens (tertiary/aromatic N) is 2. The number of anilines is 1. The molecule has 3 aromatic rings. The summed E-state index contributed by atoms with van der Waals surface area (Å²) in [6, 6.07) is 5.83. The van der Waals surface area contributed by atoms with Crippen molar-refractivity contribution >= 4 is 49.5 Å². The predicted octanol–water partition coefficient (Wildman–Crippen LogP) is 5.04. The average molecular weight is 371 g/mol. The van der Waals surface area contributed by atoms with Gasteiger partial charge in [-0.1, -0.05) is 11.6 Å². The Kier molecular flexibility index (Phi) is 3.75. The molecule has 3 rings (SSSR count). The van der Waals surface area contributed by atoms with Crippen molar-refractivity contribution in [2.75, 3.05) is 5.32 Å². The van der Waals surface area contributed by atoms with Crippen LogP contribution in [0.2, 0.25) is 5.02 Å². The number of hydrogen-bond donors (Lipinski definition) is 1. The third-order valence-corrected chi connectivity index (χ3v) is 5.37. The number of fused-ring (bicyclic) bond motifs is 1. The van der Waals surface area contributed by atoms with E-state index in [1.807, 2.05) is 25.1 Å². The standard InChI is InChI=1S/C14H13BrClN3S/c1-8-7-20-14-18-9(2)13(19(8)14)6-17-10-3-4-12(16)11(15)5-10/h3-5,7,17H,6H2,1-2H3. The lowest BCUT2D eigenvalue weighted by atomic mass is 10.3. The van der Waals surface area contributed by atoms with Crippen molar-refractivity contribution in [2.45, 2.75) is 20.4 Å². The minimum Gasteiger partial charge on any atom is -0.379 e. The molecule has 1 aromatic carbocycles. The molecule has 0 atom stereocenters. The Balaban J connectivity index is 1.88. The van der Waals surface area contributed by atoms with E-state index in [9.17, 15) is 0 Å². The van der Waals surface area contributed by atoms with Crippen molar-refractivity contribution in [1.82, 2.24) is 9.38 Å². The summed E-state index contributed by atoms with van der Waals surface area (Å²) in [5, 5.41) is 6.26. The molecule has 0 unspecified atom stereocenters. The zero-order valence-electron chi connectivity index (χ0n) is 11.1. The van der Waals surface area contributed by atoms with Crippen molar-refractivity contribution in [1.29, 1.82) is 0 Å². The second kappa shape index (κ2) is 5.39. The van der Waals surface area contributed by atoms with Crippen LogP contribution in [0, 0.1) is 13.8 Å². The molecular formula is C14H13BrClN3S. The van der Waals surface area contributed by atoms with Crippen molar-refractivity contribution in [2.24, 2.45) is 0 Å². The van der Waals surface area contributed by atoms with Gasteiger partial charge < -0.3 is 5.32 Å². The van der Waals surface area contributed by atoms with E-state index < -0.39 is 0 Å². The number of hydrogen-bond acceptors (Lipinski definition) is 3. The summed E-state index contributed by atoms with van der Waals surface area (Å²) < 4.78 is 3.10. The van der Waals surface area contributed by atoms with E-state index in [-0.39, 0.29) is 0 Å². The van der Waals surface area contributed by atoms with Gasteiger partial charge >= 0.3 is 0 Å². The van der Waals surface area contributed by atoms with E-state index >= 15 is 0 Å². The normalized spacial score (nSPS) is 11.2. The van der Waals surface area contributed by atoms with Gasteiger partial charge in [0, 0.05) is 21.2 Å². The highest BCUT2D eigenvalue weighted by Gasteiger charge is 2.11. The number of nitrogens with one attached hydrogen (secondary N) is 1. The van der Waals surface area contributed by atoms with Crippen molar-refractivity contribution in [3.8, 4) is 0 Å². The second-order valence-corrected chi connectivity index (χ2v) is 6.72. The quantitative estimate of drug-likeness (QED) is 0.700. The number of rotatable bonds is 3. The summed E-state index contributed by atoms with van der Waals surface area (Å²) in [6.45, 7) is 4.89. The van der Waals surface area contributed by atoms with E-state index in [2.05, 4.69) is 42.9 Å². The fourth-order valence-corrected chi connectivity index (χ4v) is 3.59. The van der Waals surface area contributed by atoms with Crippen LogP contribution < -0.4 is 5.32 Å². The molecule has 0 saturated heterocycles. The fourth-order valence-electron chi connectivity index (χ4n) is 2.17. The topological polar surface area (TPSA) is 29.3 Å². The molecule has 0 amide bonds. The number of aryl methyl sites for hydroxylation is 2. The molecule has 0 aliphatic carbocycles. The van der Waals surface area contributed by atoms with Gasteiger partial charge in [-0.25, -0.2) is 4.98 Å². The molecule has 0 spiro atoms. The van der Waals surface area contributed by atoms with Crippen molar-refractivity contribution in [3.05, 3.63) is 50.2 Å². The monoisotopic (exact) mass is 369 g/mol. The molecule has 0 radical (unpaired) electrons. The van der Waals surface area contributed by atoms with Gasteiger partial charge in [0.2, 0.25) is 0 Å². The highest BCUT2D eigenvalue weighted by molar-refractivity contribution is 9.10. The molecule has 2 aromatic heterocycles. The minimum absolute atomic E-state index is 0.715. The Morgan fingerprint density at radius 3 is 2.95 bits per heavy atom. The summed E-state index contributed by atoms with van der Waals surface area (Å²) >= 11 is 11.1. The molecule has 0 aliphatic heterocycles. The first-order valence-corrected chi connectivity index (χ1v) is 8.22. The van der Waals surface area contributed by atoms with Crippen LogP contribution in [0.3, 0.4) is 0 Å². The third-order valence-electron chi connectivity index (χ3n) is 3.21. The Bertz CT molecular complexity index is 778. The van der Waals surface area contributed by atoms with Crippen LogP contribution in [0.1, 0.15) is 17.1 Å². The zero-order chi connectivity index (χ0) is 14.3. The molecule has 0 bridgehead atoms. The SMILES string of the molecule is Cc1nc2scc(C)n2c1CNc1ccc(Cl)c(Br)c1. The van der Waals surface area contributed by atoms with E-state index in [0.29, 0.717) is 5.02 Å². The molecule has 0 fully saturated rings. The lowest BCUT2D eigenvalue weighted by Crippen LogP contribution is -2.04. The van der Waals surface area contributed by atoms with Gasteiger partial charge in [-0.2, -0.15) is 0 Å². The largest absolute Gasteiger partial charge is 0.379 e. The van der Waals surface area contributed by atoms with Crippen LogP contribution >= 0.6 is 38.9 Å². The second-order valence-electron chi connectivity index (χ2n) is 4.62. The molecule has 3 nitrogen and oxygen atoms in total. The summed E-state index contributed by atoms with van der Waals surface area (Å²) in [6.07, 6.45) is 0. The summed E-state index contributed by atoms with van der Waals surface area (Å²) in [4.78, 5) is 5.64. The average Bonchev–Trinajstić information content (AvgIpc) is 2.91. The first kappa shape index (κ1) is 13.9. The maximum Gasteiger partial charge on any atom is 0.194 e. The Morgan fingerprint density at radius 2 is 2.20 bits per heavy atom. The molecule has 2 heterocycles. The number of aromatic nitrogens is 2. The first-order valence-electron chi connectivity index (χ1n) is 6.17. The number of benzene rings is 1. The van der Waals surface area contributed by atoms with Gasteiger partial charge in [-0.3, -0.25) is 4.40 Å². The maximum absolute atomic E-state index is 6.00. The van der Waals surface area contributed by atoms with Gasteiger partial charge in [-0.15, -0.1) is 11.3 Å². The molecule has 20 heavy (non-hydrogen) atoms. The van der Waals surface area contributed by atoms with Crippen LogP contribution in [-0.4, -0.2) is 9.38 Å². The zero-order valence-corrected chi connectivity index (χ0v) is 14.2. The first-order chi connectivity index (χ1) is 9.56. The van der Waals surface area contributed by atoms with E-state index in [1.165, 1.54) is 11.4 Å². The molecule has 0 aliphatic rings. The van der Waals surface area contributed by atoms with Gasteiger partial charge in [0.25, 0.3) is 0 Å². The van der Waals surface area contributed by atoms with E-state index in [4.69, 9.17) is 11.6 Å². The van der Waals surface area contributed by atoms with Gasteiger partial charge in [0.1, 0.15) is 0 Å². The molecule has 1 N–H and O–H groups in total. The Labute approximate surface area is 134 Å². The predicted molar refractivity (Wildman–Crippen MR) is 89.0 cm³/mol. The molecular weight excluding hydrogens is 358 g/mol. The highest BCUT2D eigenvalue weighted by atomic mass is 79.9. The summed E-state index contributed by atoms with van der Waals surface area (Å²) in [5.41, 5.74) is 4.52. The third kappa shape index (κ3) is 2.45. The fraction of sp³-hybridized carbons (Fsp3) is 0.214. The minimum atomic E-state index is 0.715. The van der Waals surface area contributed by atoms with Crippen LogP contribution in [0.25, 0.3) is 4.96 Å². The lowest BCUT2D eigenvalue weighted by Gasteiger charge is -2.08. The number of imidazole rings is 1. The number of thiazole rings is 1. The Hall–Kier alpha value is -1.04. The van der Waals surface area contributed by atoms with Gasteiger partial charge in [-0.05, 0) is 48.0 Å². The maximum atomic E-state index is 6.00. The van der Waals surface area contributed by atoms with Crippen LogP contribution in [0.4, 0.5) is 5.69 Å². The van der Waals surface area contributed by atoms with Crippen LogP contribution in [-0.2, 0) is 6.54 Å². The molecule has 0 saturated carbocycles. The lowest BCUT2D eigenvalue weighted by molar-refractivity contribution is 0.966. The van der Waals surface area contributed by atoms with Gasteiger partial charge in [0.15, 0.2) is 4.96 Å². The van der Waals surface area contributed by atoms with Crippen molar-refractivity contribution in [3.63, 3.8) is 0 Å². The summed E-state index contributed by atoms with van der Waals surface area (Å²) in [5.74, 6) is 0. The van der Waals surface area contributed by atoms with Crippen LogP contribution in [0.5, 0.6) is 0 Å². The van der Waals surface area contributed by atoms with Gasteiger partial charge in [0.05, 0.1) is 23.0 Å².